The van der Waals surface area contributed by atoms with Crippen LogP contribution in [0.2, 0.25) is 0 Å². The molecule has 0 N–H and O–H groups in total. The van der Waals surface area contributed by atoms with E-state index in [2.05, 4.69) is 96.8 Å². The molecular weight excluding hydrogens is 326 g/mol. The molecule has 0 amide bonds. The molecule has 1 nitrogen and oxygen atoms in total. The van der Waals surface area contributed by atoms with Crippen molar-refractivity contribution in [2.45, 2.75) is 6.92 Å². The molecule has 0 saturated heterocycles. The van der Waals surface area contributed by atoms with E-state index in [1.165, 1.54) is 49.4 Å². The topological polar surface area (TPSA) is 12.9 Å². The second-order valence-corrected chi connectivity index (χ2v) is 6.95. The van der Waals surface area contributed by atoms with Crippen LogP contribution in [0.25, 0.3) is 43.8 Å². The molecule has 27 heavy (non-hydrogen) atoms. The minimum Gasteiger partial charge on any atom is -0.264 e. The Morgan fingerprint density at radius 1 is 0.556 bits per heavy atom. The molecule has 128 valence electrons. The Bertz CT molecular complexity index is 1260. The zero-order chi connectivity index (χ0) is 18.2. The molecule has 0 spiro atoms. The Balaban J connectivity index is 2.04. The summed E-state index contributed by atoms with van der Waals surface area (Å²) < 4.78 is 0. The lowest BCUT2D eigenvalue weighted by atomic mass is 9.86. The van der Waals surface area contributed by atoms with Crippen molar-refractivity contribution >= 4 is 21.5 Å². The second-order valence-electron chi connectivity index (χ2n) is 6.95. The summed E-state index contributed by atoms with van der Waals surface area (Å²) in [5.74, 6) is 0. The van der Waals surface area contributed by atoms with Gasteiger partial charge in [0.1, 0.15) is 0 Å². The quantitative estimate of drug-likeness (QED) is 0.313. The van der Waals surface area contributed by atoms with Gasteiger partial charge in [0.15, 0.2) is 0 Å². The van der Waals surface area contributed by atoms with E-state index in [1.807, 2.05) is 12.4 Å². The summed E-state index contributed by atoms with van der Waals surface area (Å²) in [6.07, 6.45) is 3.90. The van der Waals surface area contributed by atoms with Crippen molar-refractivity contribution in [1.29, 1.82) is 0 Å². The fourth-order valence-corrected chi connectivity index (χ4v) is 4.02. The normalized spacial score (nSPS) is 11.1. The minimum absolute atomic E-state index is 1.19. The first-order chi connectivity index (χ1) is 13.3. The molecule has 0 aliphatic heterocycles. The monoisotopic (exact) mass is 345 g/mol. The van der Waals surface area contributed by atoms with Crippen LogP contribution < -0.4 is 0 Å². The molecule has 0 aliphatic carbocycles. The van der Waals surface area contributed by atoms with Gasteiger partial charge >= 0.3 is 0 Å². The number of pyridine rings is 1. The van der Waals surface area contributed by atoms with Crippen molar-refractivity contribution in [3.05, 3.63) is 103 Å². The fourth-order valence-electron chi connectivity index (χ4n) is 4.02. The second kappa shape index (κ2) is 6.37. The summed E-state index contributed by atoms with van der Waals surface area (Å²) in [6, 6.07) is 30.2. The Morgan fingerprint density at radius 3 is 1.81 bits per heavy atom. The van der Waals surface area contributed by atoms with Crippen molar-refractivity contribution in [3.63, 3.8) is 0 Å². The van der Waals surface area contributed by atoms with Crippen LogP contribution in [0.15, 0.2) is 97.3 Å². The maximum atomic E-state index is 4.46. The van der Waals surface area contributed by atoms with Crippen molar-refractivity contribution < 1.29 is 0 Å². The van der Waals surface area contributed by atoms with Crippen molar-refractivity contribution in [1.82, 2.24) is 4.98 Å². The predicted octanol–water partition coefficient (Wildman–Crippen LogP) is 7.03. The highest BCUT2D eigenvalue weighted by Gasteiger charge is 2.16. The van der Waals surface area contributed by atoms with Crippen LogP contribution in [-0.2, 0) is 0 Å². The first-order valence-electron chi connectivity index (χ1n) is 9.24. The van der Waals surface area contributed by atoms with E-state index in [4.69, 9.17) is 0 Å². The van der Waals surface area contributed by atoms with E-state index in [0.717, 1.165) is 0 Å². The molecule has 0 saturated carbocycles. The highest BCUT2D eigenvalue weighted by Crippen LogP contribution is 2.43. The largest absolute Gasteiger partial charge is 0.264 e. The molecule has 0 bridgehead atoms. The molecule has 4 aromatic carbocycles. The van der Waals surface area contributed by atoms with E-state index in [0.29, 0.717) is 0 Å². The van der Waals surface area contributed by atoms with Crippen LogP contribution in [0.3, 0.4) is 0 Å². The number of aryl methyl sites for hydroxylation is 1. The molecular formula is C26H19N. The Hall–Kier alpha value is -3.45. The number of rotatable bonds is 2. The lowest BCUT2D eigenvalue weighted by Crippen LogP contribution is -1.92. The molecule has 0 unspecified atom stereocenters. The molecule has 5 rings (SSSR count). The molecule has 5 aromatic rings. The van der Waals surface area contributed by atoms with Crippen molar-refractivity contribution in [3.8, 4) is 22.3 Å². The van der Waals surface area contributed by atoms with Gasteiger partial charge in [0.25, 0.3) is 0 Å². The van der Waals surface area contributed by atoms with Gasteiger partial charge in [0.05, 0.1) is 0 Å². The van der Waals surface area contributed by atoms with Crippen LogP contribution in [-0.4, -0.2) is 4.98 Å². The van der Waals surface area contributed by atoms with E-state index in [-0.39, 0.29) is 0 Å². The predicted molar refractivity (Wildman–Crippen MR) is 115 cm³/mol. The summed E-state index contributed by atoms with van der Waals surface area (Å²) >= 11 is 0. The maximum absolute atomic E-state index is 4.46. The summed E-state index contributed by atoms with van der Waals surface area (Å²) in [5.41, 5.74) is 6.28. The number of nitrogens with zero attached hydrogens (tertiary/aromatic N) is 1. The smallest absolute Gasteiger partial charge is 0.0353 e. The van der Waals surface area contributed by atoms with Gasteiger partial charge in [-0.05, 0) is 51.4 Å². The van der Waals surface area contributed by atoms with Gasteiger partial charge in [0.2, 0.25) is 0 Å². The summed E-state index contributed by atoms with van der Waals surface area (Å²) in [6.45, 7) is 2.16. The SMILES string of the molecule is Cc1ccc2c(-c3ccccc3)c3cnccc3c(-c3ccccc3)c2c1. The van der Waals surface area contributed by atoms with Crippen LogP contribution >= 0.6 is 0 Å². The molecule has 1 heterocycles. The maximum Gasteiger partial charge on any atom is 0.0353 e. The molecule has 1 aromatic heterocycles. The Morgan fingerprint density at radius 2 is 1.15 bits per heavy atom. The average Bonchev–Trinajstić information content (AvgIpc) is 2.73. The van der Waals surface area contributed by atoms with Crippen LogP contribution in [0.1, 0.15) is 5.56 Å². The standard InChI is InChI=1S/C26H19N/c1-18-12-13-21-23(16-18)25(19-8-4-2-5-9-19)22-14-15-27-17-24(22)26(21)20-10-6-3-7-11-20/h2-17H,1H3. The van der Waals surface area contributed by atoms with Crippen LogP contribution in [0, 0.1) is 6.92 Å². The van der Waals surface area contributed by atoms with Gasteiger partial charge in [0, 0.05) is 17.8 Å². The third-order valence-corrected chi connectivity index (χ3v) is 5.20. The van der Waals surface area contributed by atoms with Crippen LogP contribution in [0.4, 0.5) is 0 Å². The first-order valence-corrected chi connectivity index (χ1v) is 9.24. The lowest BCUT2D eigenvalue weighted by molar-refractivity contribution is 1.37. The molecule has 0 aliphatic rings. The van der Waals surface area contributed by atoms with Gasteiger partial charge in [-0.1, -0.05) is 84.4 Å². The van der Waals surface area contributed by atoms with Gasteiger partial charge in [-0.25, -0.2) is 0 Å². The summed E-state index contributed by atoms with van der Waals surface area (Å²) in [5, 5.41) is 5.00. The van der Waals surface area contributed by atoms with E-state index in [9.17, 15) is 0 Å². The third-order valence-electron chi connectivity index (χ3n) is 5.20. The van der Waals surface area contributed by atoms with Gasteiger partial charge in [-0.15, -0.1) is 0 Å². The minimum atomic E-state index is 1.19. The number of fused-ring (bicyclic) bond motifs is 2. The zero-order valence-electron chi connectivity index (χ0n) is 15.2. The lowest BCUT2D eigenvalue weighted by Gasteiger charge is -2.17. The first kappa shape index (κ1) is 15.8. The van der Waals surface area contributed by atoms with Crippen molar-refractivity contribution in [2.75, 3.05) is 0 Å². The highest BCUT2D eigenvalue weighted by molar-refractivity contribution is 6.21. The van der Waals surface area contributed by atoms with Gasteiger partial charge < -0.3 is 0 Å². The van der Waals surface area contributed by atoms with Crippen LogP contribution in [0.5, 0.6) is 0 Å². The average molecular weight is 345 g/mol. The molecule has 0 fully saturated rings. The highest BCUT2D eigenvalue weighted by atomic mass is 14.6. The third kappa shape index (κ3) is 2.60. The zero-order valence-corrected chi connectivity index (χ0v) is 15.2. The summed E-state index contributed by atoms with van der Waals surface area (Å²) in [4.78, 5) is 4.46. The van der Waals surface area contributed by atoms with E-state index >= 15 is 0 Å². The number of hydrogen-bond acceptors (Lipinski definition) is 1. The van der Waals surface area contributed by atoms with Crippen molar-refractivity contribution in [2.24, 2.45) is 0 Å². The Kier molecular flexibility index (Phi) is 3.72. The number of aromatic nitrogens is 1. The number of hydrogen-bond donors (Lipinski definition) is 0. The fraction of sp³-hybridized carbons (Fsp3) is 0.0385. The Labute approximate surface area is 158 Å². The van der Waals surface area contributed by atoms with Gasteiger partial charge in [-0.3, -0.25) is 4.98 Å². The van der Waals surface area contributed by atoms with E-state index in [1.54, 1.807) is 0 Å². The molecule has 1 heteroatoms. The van der Waals surface area contributed by atoms with E-state index < -0.39 is 0 Å². The van der Waals surface area contributed by atoms with Gasteiger partial charge in [-0.2, -0.15) is 0 Å². The number of benzene rings is 4. The molecule has 0 radical (unpaired) electrons. The molecule has 0 atom stereocenters. The summed E-state index contributed by atoms with van der Waals surface area (Å²) in [7, 11) is 0.